The number of nitrogens with zero attached hydrogens (tertiary/aromatic N) is 1. The van der Waals surface area contributed by atoms with Gasteiger partial charge in [-0.3, -0.25) is 0 Å². The third-order valence-electron chi connectivity index (χ3n) is 4.39. The van der Waals surface area contributed by atoms with E-state index >= 15 is 0 Å². The molecule has 0 heterocycles. The zero-order valence-electron chi connectivity index (χ0n) is 13.1. The number of halogens is 1. The Balaban J connectivity index is 0.00000289. The van der Waals surface area contributed by atoms with Crippen LogP contribution in [0.15, 0.2) is 23.8 Å². The van der Waals surface area contributed by atoms with E-state index in [-0.39, 0.29) is 17.0 Å². The zero-order valence-corrected chi connectivity index (χ0v) is 14.7. The highest BCUT2D eigenvalue weighted by Gasteiger charge is 2.31. The van der Waals surface area contributed by atoms with E-state index in [9.17, 15) is 0 Å². The van der Waals surface area contributed by atoms with Gasteiger partial charge in [0.1, 0.15) is 6.04 Å². The van der Waals surface area contributed by atoms with Crippen molar-refractivity contribution in [2.75, 3.05) is 21.1 Å². The van der Waals surface area contributed by atoms with Gasteiger partial charge in [-0.1, -0.05) is 31.6 Å². The highest BCUT2D eigenvalue weighted by atomic mass is 79.9. The van der Waals surface area contributed by atoms with Gasteiger partial charge < -0.3 is 21.5 Å². The van der Waals surface area contributed by atoms with Crippen molar-refractivity contribution in [3.05, 3.63) is 23.8 Å². The Morgan fingerprint density at radius 1 is 1.33 bits per heavy atom. The number of hydrogen-bond donors (Lipinski definition) is 0. The van der Waals surface area contributed by atoms with Gasteiger partial charge in [0.05, 0.1) is 21.1 Å². The number of quaternary nitrogens is 1. The Morgan fingerprint density at radius 3 is 2.33 bits per heavy atom. The highest BCUT2D eigenvalue weighted by molar-refractivity contribution is 5.19. The minimum absolute atomic E-state index is 0. The fourth-order valence-corrected chi connectivity index (χ4v) is 2.51. The van der Waals surface area contributed by atoms with Gasteiger partial charge in [-0.25, -0.2) is 0 Å². The second kappa shape index (κ2) is 6.38. The molecule has 2 atom stereocenters. The van der Waals surface area contributed by atoms with Gasteiger partial charge in [-0.15, -0.1) is 0 Å². The van der Waals surface area contributed by atoms with E-state index in [4.69, 9.17) is 0 Å². The highest BCUT2D eigenvalue weighted by Crippen LogP contribution is 2.41. The van der Waals surface area contributed by atoms with Crippen LogP contribution in [0, 0.1) is 11.3 Å². The van der Waals surface area contributed by atoms with E-state index < -0.39 is 0 Å². The molecule has 0 saturated carbocycles. The molecule has 0 aliphatic heterocycles. The van der Waals surface area contributed by atoms with Crippen molar-refractivity contribution in [1.29, 1.82) is 0 Å². The van der Waals surface area contributed by atoms with Crippen LogP contribution in [0.1, 0.15) is 40.5 Å². The number of allylic oxidation sites excluding steroid dienone is 3. The minimum atomic E-state index is 0. The van der Waals surface area contributed by atoms with Crippen LogP contribution in [-0.4, -0.2) is 31.7 Å². The van der Waals surface area contributed by atoms with Crippen LogP contribution >= 0.6 is 0 Å². The molecule has 106 valence electrons. The van der Waals surface area contributed by atoms with Gasteiger partial charge in [-0.05, 0) is 38.2 Å². The van der Waals surface area contributed by atoms with Crippen LogP contribution in [0.2, 0.25) is 0 Å². The first kappa shape index (κ1) is 17.9. The summed E-state index contributed by atoms with van der Waals surface area (Å²) in [4.78, 5) is 0. The second-order valence-electron chi connectivity index (χ2n) is 7.19. The molecule has 0 fully saturated rings. The molecule has 0 bridgehead atoms. The Morgan fingerprint density at radius 2 is 1.89 bits per heavy atom. The Labute approximate surface area is 124 Å². The van der Waals surface area contributed by atoms with Gasteiger partial charge >= 0.3 is 0 Å². The summed E-state index contributed by atoms with van der Waals surface area (Å²) in [5.41, 5.74) is 1.96. The van der Waals surface area contributed by atoms with E-state index in [1.807, 2.05) is 0 Å². The molecule has 0 radical (unpaired) electrons. The molecule has 0 spiro atoms. The lowest BCUT2D eigenvalue weighted by Crippen LogP contribution is -3.00. The summed E-state index contributed by atoms with van der Waals surface area (Å²) in [7, 11) is 6.76. The summed E-state index contributed by atoms with van der Waals surface area (Å²) in [6, 6.07) is 0.570. The predicted molar refractivity (Wildman–Crippen MR) is 76.9 cm³/mol. The molecule has 0 saturated heterocycles. The summed E-state index contributed by atoms with van der Waals surface area (Å²) in [5.74, 6) is 0.616. The quantitative estimate of drug-likeness (QED) is 0.539. The van der Waals surface area contributed by atoms with Gasteiger partial charge in [0.2, 0.25) is 0 Å². The summed E-state index contributed by atoms with van der Waals surface area (Å²) >= 11 is 0. The first-order valence-electron chi connectivity index (χ1n) is 6.81. The largest absolute Gasteiger partial charge is 1.00 e. The molecule has 0 aromatic rings. The third kappa shape index (κ3) is 4.55. The van der Waals surface area contributed by atoms with Crippen LogP contribution in [-0.2, 0) is 0 Å². The predicted octanol–water partition coefficient (Wildman–Crippen LogP) is 1.02. The molecule has 0 aromatic heterocycles. The number of hydrogen-bond acceptors (Lipinski definition) is 0. The normalized spacial score (nSPS) is 25.5. The maximum atomic E-state index is 2.44. The lowest BCUT2D eigenvalue weighted by atomic mass is 9.68. The first-order valence-corrected chi connectivity index (χ1v) is 6.81. The summed E-state index contributed by atoms with van der Waals surface area (Å²) in [6.45, 7) is 9.38. The minimum Gasteiger partial charge on any atom is -1.00 e. The van der Waals surface area contributed by atoms with Crippen molar-refractivity contribution in [2.45, 2.75) is 46.6 Å². The molecule has 1 rings (SSSR count). The zero-order chi connectivity index (χ0) is 13.3. The molecule has 18 heavy (non-hydrogen) atoms. The lowest BCUT2D eigenvalue weighted by molar-refractivity contribution is -0.887. The average Bonchev–Trinajstić information content (AvgIpc) is 2.14. The topological polar surface area (TPSA) is 0 Å². The van der Waals surface area contributed by atoms with Crippen LogP contribution in [0.3, 0.4) is 0 Å². The van der Waals surface area contributed by atoms with Crippen molar-refractivity contribution in [2.24, 2.45) is 11.3 Å². The van der Waals surface area contributed by atoms with Crippen LogP contribution in [0.4, 0.5) is 0 Å². The summed E-state index contributed by atoms with van der Waals surface area (Å²) in [6.07, 6.45) is 9.80. The van der Waals surface area contributed by atoms with Crippen LogP contribution < -0.4 is 17.0 Å². The Hall–Kier alpha value is -0.0800. The molecule has 2 heteroatoms. The Kier molecular flexibility index (Phi) is 6.35. The second-order valence-corrected chi connectivity index (χ2v) is 7.19. The fourth-order valence-electron chi connectivity index (χ4n) is 2.51. The molecule has 0 amide bonds. The monoisotopic (exact) mass is 315 g/mol. The van der Waals surface area contributed by atoms with Crippen molar-refractivity contribution in [1.82, 2.24) is 0 Å². The van der Waals surface area contributed by atoms with Gasteiger partial charge in [0, 0.05) is 5.92 Å². The molecular weight excluding hydrogens is 286 g/mol. The van der Waals surface area contributed by atoms with Crippen LogP contribution in [0.5, 0.6) is 0 Å². The van der Waals surface area contributed by atoms with E-state index in [2.05, 4.69) is 67.1 Å². The van der Waals surface area contributed by atoms with Crippen molar-refractivity contribution >= 4 is 0 Å². The molecular formula is C16H30BrN. The van der Waals surface area contributed by atoms with Crippen molar-refractivity contribution in [3.63, 3.8) is 0 Å². The maximum absolute atomic E-state index is 2.44. The first-order chi connectivity index (χ1) is 7.64. The van der Waals surface area contributed by atoms with E-state index in [0.29, 0.717) is 17.4 Å². The SMILES string of the molecule is CC1=CCCC(C)(C)C1/C=C/C(C)[N+](C)(C)C.[Br-]. The fraction of sp³-hybridized carbons (Fsp3) is 0.750. The smallest absolute Gasteiger partial charge is 0.104 e. The van der Waals surface area contributed by atoms with Crippen LogP contribution in [0.25, 0.3) is 0 Å². The summed E-state index contributed by atoms with van der Waals surface area (Å²) in [5, 5.41) is 0. The lowest BCUT2D eigenvalue weighted by Gasteiger charge is -2.37. The molecule has 1 aliphatic carbocycles. The van der Waals surface area contributed by atoms with Gasteiger partial charge in [-0.2, -0.15) is 0 Å². The Bertz CT molecular complexity index is 320. The third-order valence-corrected chi connectivity index (χ3v) is 4.39. The molecule has 2 unspecified atom stereocenters. The van der Waals surface area contributed by atoms with E-state index in [1.54, 1.807) is 5.57 Å². The molecule has 0 aromatic carbocycles. The summed E-state index contributed by atoms with van der Waals surface area (Å²) < 4.78 is 0.992. The maximum Gasteiger partial charge on any atom is 0.104 e. The molecule has 1 aliphatic rings. The van der Waals surface area contributed by atoms with Gasteiger partial charge in [0.25, 0.3) is 0 Å². The number of rotatable bonds is 3. The average molecular weight is 316 g/mol. The van der Waals surface area contributed by atoms with E-state index in [1.165, 1.54) is 12.8 Å². The molecule has 1 nitrogen and oxygen atoms in total. The molecule has 0 N–H and O–H groups in total. The van der Waals surface area contributed by atoms with Crippen molar-refractivity contribution in [3.8, 4) is 0 Å². The number of likely N-dealkylation sites (N-methyl/N-ethyl adjacent to an activating group) is 1. The van der Waals surface area contributed by atoms with Crippen molar-refractivity contribution < 1.29 is 21.5 Å². The van der Waals surface area contributed by atoms with Gasteiger partial charge in [0.15, 0.2) is 0 Å². The standard InChI is InChI=1S/C16H30N.BrH/c1-13-9-8-12-16(3,4)15(13)11-10-14(2)17(5,6)7;/h9-11,14-15H,8,12H2,1-7H3;1H/q+1;/p-1/b11-10+;. The van der Waals surface area contributed by atoms with E-state index in [0.717, 1.165) is 4.48 Å².